The number of hydrogen-bond donors (Lipinski definition) is 2. The number of aryl methyl sites for hydroxylation is 2. The highest BCUT2D eigenvalue weighted by molar-refractivity contribution is 5.93. The first-order valence-electron chi connectivity index (χ1n) is 11.0. The number of para-hydroxylation sites is 1. The minimum Gasteiger partial charge on any atom is -0.481 e. The molecule has 0 radical (unpaired) electrons. The van der Waals surface area contributed by atoms with Crippen LogP contribution in [0.2, 0.25) is 0 Å². The van der Waals surface area contributed by atoms with Crippen LogP contribution in [0.4, 0.5) is 5.82 Å². The van der Waals surface area contributed by atoms with Crippen LogP contribution in [-0.2, 0) is 4.79 Å². The molecule has 0 aliphatic carbocycles. The molecular formula is C25H23N7O3. The van der Waals surface area contributed by atoms with Crippen molar-refractivity contribution in [2.45, 2.75) is 26.9 Å². The number of benzene rings is 2. The van der Waals surface area contributed by atoms with E-state index in [9.17, 15) is 9.59 Å². The van der Waals surface area contributed by atoms with Crippen LogP contribution in [0.25, 0.3) is 22.7 Å². The van der Waals surface area contributed by atoms with Gasteiger partial charge in [0.2, 0.25) is 5.95 Å². The number of rotatable bonds is 6. The van der Waals surface area contributed by atoms with Crippen LogP contribution in [0, 0.1) is 13.8 Å². The average molecular weight is 470 g/mol. The molecule has 0 saturated heterocycles. The molecule has 3 aromatic heterocycles. The van der Waals surface area contributed by atoms with Crippen LogP contribution in [0.5, 0.6) is 5.75 Å². The second-order valence-electron chi connectivity index (χ2n) is 8.17. The number of ether oxygens (including phenoxy) is 1. The number of aromatic nitrogens is 6. The van der Waals surface area contributed by atoms with Crippen molar-refractivity contribution >= 4 is 22.8 Å². The van der Waals surface area contributed by atoms with Crippen LogP contribution < -0.4 is 15.6 Å². The Hall–Kier alpha value is -4.73. The van der Waals surface area contributed by atoms with Gasteiger partial charge in [-0.15, -0.1) is 0 Å². The van der Waals surface area contributed by atoms with E-state index in [0.717, 1.165) is 11.3 Å². The van der Waals surface area contributed by atoms with Crippen LogP contribution in [0.3, 0.4) is 0 Å². The summed E-state index contributed by atoms with van der Waals surface area (Å²) in [6, 6.07) is 18.5. The standard InChI is InChI=1S/C25H23N7O3/c1-15-8-7-9-18(12-15)31-22-20(14-26-31)24(34)29-25(28-22)32-21(13-16(2)30-32)27-23(33)17(3)35-19-10-5-4-6-11-19/h4-14,17H,1-3H3,(H,27,33)(H,28,29,34)/t17-/m1/s1. The van der Waals surface area contributed by atoms with E-state index in [1.165, 1.54) is 10.9 Å². The van der Waals surface area contributed by atoms with Gasteiger partial charge < -0.3 is 10.1 Å². The van der Waals surface area contributed by atoms with Gasteiger partial charge in [-0.3, -0.25) is 14.6 Å². The van der Waals surface area contributed by atoms with Crippen LogP contribution in [-0.4, -0.2) is 41.5 Å². The van der Waals surface area contributed by atoms with Gasteiger partial charge in [0.05, 0.1) is 17.6 Å². The fourth-order valence-corrected chi connectivity index (χ4v) is 3.69. The predicted molar refractivity (Wildman–Crippen MR) is 131 cm³/mol. The molecule has 0 bridgehead atoms. The van der Waals surface area contributed by atoms with Crippen molar-refractivity contribution < 1.29 is 9.53 Å². The van der Waals surface area contributed by atoms with Gasteiger partial charge in [0, 0.05) is 6.07 Å². The fraction of sp³-hybridized carbons (Fsp3) is 0.160. The van der Waals surface area contributed by atoms with Gasteiger partial charge in [-0.25, -0.2) is 4.68 Å². The number of hydrogen-bond acceptors (Lipinski definition) is 6. The Morgan fingerprint density at radius 2 is 1.86 bits per heavy atom. The third-order valence-corrected chi connectivity index (χ3v) is 5.38. The zero-order valence-electron chi connectivity index (χ0n) is 19.4. The molecule has 1 amide bonds. The van der Waals surface area contributed by atoms with E-state index in [4.69, 9.17) is 4.74 Å². The van der Waals surface area contributed by atoms with E-state index >= 15 is 0 Å². The summed E-state index contributed by atoms with van der Waals surface area (Å²) in [7, 11) is 0. The molecule has 3 heterocycles. The van der Waals surface area contributed by atoms with E-state index < -0.39 is 6.10 Å². The summed E-state index contributed by atoms with van der Waals surface area (Å²) in [6.07, 6.45) is 0.714. The first-order valence-corrected chi connectivity index (χ1v) is 11.0. The van der Waals surface area contributed by atoms with E-state index in [1.807, 2.05) is 49.4 Å². The predicted octanol–water partition coefficient (Wildman–Crippen LogP) is 3.32. The topological polar surface area (TPSA) is 120 Å². The van der Waals surface area contributed by atoms with Gasteiger partial charge in [0.1, 0.15) is 17.0 Å². The monoisotopic (exact) mass is 469 g/mol. The van der Waals surface area contributed by atoms with Crippen LogP contribution in [0.1, 0.15) is 18.2 Å². The normalized spacial score (nSPS) is 12.0. The van der Waals surface area contributed by atoms with E-state index in [-0.39, 0.29) is 17.4 Å². The lowest BCUT2D eigenvalue weighted by Crippen LogP contribution is -2.31. The Bertz CT molecular complexity index is 1580. The molecule has 176 valence electrons. The summed E-state index contributed by atoms with van der Waals surface area (Å²) in [5, 5.41) is 11.9. The molecule has 5 rings (SSSR count). The molecule has 0 fully saturated rings. The van der Waals surface area contributed by atoms with Gasteiger partial charge in [0.25, 0.3) is 11.5 Å². The number of nitrogens with one attached hydrogen (secondary N) is 2. The summed E-state index contributed by atoms with van der Waals surface area (Å²) in [6.45, 7) is 5.41. The van der Waals surface area contributed by atoms with Crippen molar-refractivity contribution in [2.24, 2.45) is 0 Å². The first-order chi connectivity index (χ1) is 16.9. The van der Waals surface area contributed by atoms with Gasteiger partial charge in [0.15, 0.2) is 11.8 Å². The van der Waals surface area contributed by atoms with Crippen molar-refractivity contribution in [1.29, 1.82) is 0 Å². The van der Waals surface area contributed by atoms with Crippen molar-refractivity contribution in [3.8, 4) is 17.4 Å². The third-order valence-electron chi connectivity index (χ3n) is 5.38. The minimum atomic E-state index is -0.765. The van der Waals surface area contributed by atoms with Crippen molar-refractivity contribution in [1.82, 2.24) is 29.5 Å². The molecular weight excluding hydrogens is 446 g/mol. The lowest BCUT2D eigenvalue weighted by Gasteiger charge is -2.15. The summed E-state index contributed by atoms with van der Waals surface area (Å²) in [5.41, 5.74) is 2.47. The first kappa shape index (κ1) is 22.1. The Balaban J connectivity index is 1.49. The molecule has 0 unspecified atom stereocenters. The molecule has 2 aromatic carbocycles. The zero-order chi connectivity index (χ0) is 24.5. The van der Waals surface area contributed by atoms with Crippen LogP contribution >= 0.6 is 0 Å². The number of anilines is 1. The van der Waals surface area contributed by atoms with Gasteiger partial charge in [-0.2, -0.15) is 19.9 Å². The van der Waals surface area contributed by atoms with Gasteiger partial charge >= 0.3 is 0 Å². The maximum Gasteiger partial charge on any atom is 0.266 e. The lowest BCUT2D eigenvalue weighted by molar-refractivity contribution is -0.122. The number of carbonyl (C=O) groups excluding carboxylic acids is 1. The third kappa shape index (κ3) is 4.41. The summed E-state index contributed by atoms with van der Waals surface area (Å²) < 4.78 is 8.70. The fourth-order valence-electron chi connectivity index (χ4n) is 3.69. The second kappa shape index (κ2) is 8.90. The van der Waals surface area contributed by atoms with Crippen LogP contribution in [0.15, 0.2) is 71.7 Å². The smallest absolute Gasteiger partial charge is 0.266 e. The number of nitrogens with zero attached hydrogens (tertiary/aromatic N) is 5. The van der Waals surface area contributed by atoms with Gasteiger partial charge in [-0.1, -0.05) is 30.3 Å². The number of aromatic amines is 1. The van der Waals surface area contributed by atoms with Gasteiger partial charge in [-0.05, 0) is 50.6 Å². The largest absolute Gasteiger partial charge is 0.481 e. The van der Waals surface area contributed by atoms with E-state index in [1.54, 1.807) is 36.7 Å². The molecule has 0 aliphatic heterocycles. The molecule has 5 aromatic rings. The molecule has 10 nitrogen and oxygen atoms in total. The van der Waals surface area contributed by atoms with E-state index in [0.29, 0.717) is 28.3 Å². The maximum atomic E-state index is 12.8. The molecule has 10 heteroatoms. The zero-order valence-corrected chi connectivity index (χ0v) is 19.4. The Morgan fingerprint density at radius 3 is 2.63 bits per heavy atom. The summed E-state index contributed by atoms with van der Waals surface area (Å²) >= 11 is 0. The highest BCUT2D eigenvalue weighted by Gasteiger charge is 2.20. The van der Waals surface area contributed by atoms with Crippen molar-refractivity contribution in [3.05, 3.63) is 88.5 Å². The van der Waals surface area contributed by atoms with E-state index in [2.05, 4.69) is 25.5 Å². The average Bonchev–Trinajstić information content (AvgIpc) is 3.43. The molecule has 0 spiro atoms. The second-order valence-corrected chi connectivity index (χ2v) is 8.17. The SMILES string of the molecule is Cc1cccc(-n2ncc3c(=O)[nH]c(-n4nc(C)cc4NC(=O)[C@@H](C)Oc4ccccc4)nc32)c1. The molecule has 35 heavy (non-hydrogen) atoms. The van der Waals surface area contributed by atoms with Crippen molar-refractivity contribution in [3.63, 3.8) is 0 Å². The Labute approximate surface area is 200 Å². The Morgan fingerprint density at radius 1 is 1.06 bits per heavy atom. The summed E-state index contributed by atoms with van der Waals surface area (Å²) in [5.74, 6) is 0.709. The molecule has 0 aliphatic rings. The highest BCUT2D eigenvalue weighted by atomic mass is 16.5. The highest BCUT2D eigenvalue weighted by Crippen LogP contribution is 2.19. The minimum absolute atomic E-state index is 0.150. The Kier molecular flexibility index (Phi) is 5.61. The maximum absolute atomic E-state index is 12.8. The quantitative estimate of drug-likeness (QED) is 0.394. The van der Waals surface area contributed by atoms with Crippen molar-refractivity contribution in [2.75, 3.05) is 5.32 Å². The number of fused-ring (bicyclic) bond motifs is 1. The summed E-state index contributed by atoms with van der Waals surface area (Å²) in [4.78, 5) is 33.0. The number of amides is 1. The lowest BCUT2D eigenvalue weighted by atomic mass is 10.2. The molecule has 2 N–H and O–H groups in total. The number of carbonyl (C=O) groups is 1. The number of H-pyrrole nitrogens is 1. The molecule has 1 atom stereocenters. The molecule has 0 saturated carbocycles.